The van der Waals surface area contributed by atoms with Crippen LogP contribution >= 0.6 is 11.3 Å². The second-order valence-corrected chi connectivity index (χ2v) is 12.3. The third-order valence-corrected chi connectivity index (χ3v) is 9.59. The third kappa shape index (κ3) is 6.72. The topological polar surface area (TPSA) is 76.2 Å². The predicted molar refractivity (Wildman–Crippen MR) is 161 cm³/mol. The van der Waals surface area contributed by atoms with E-state index in [1.807, 2.05) is 60.8 Å². The van der Waals surface area contributed by atoms with E-state index in [4.69, 9.17) is 9.47 Å². The van der Waals surface area contributed by atoms with E-state index in [0.29, 0.717) is 31.0 Å². The molecule has 0 radical (unpaired) electrons. The molecule has 0 N–H and O–H groups in total. The van der Waals surface area contributed by atoms with E-state index in [1.54, 1.807) is 48.7 Å². The minimum atomic E-state index is -3.95. The van der Waals surface area contributed by atoms with Crippen LogP contribution in [0, 0.1) is 6.92 Å². The molecule has 1 amide bonds. The Hall–Kier alpha value is -3.66. The van der Waals surface area contributed by atoms with E-state index >= 15 is 0 Å². The number of rotatable bonds is 13. The van der Waals surface area contributed by atoms with E-state index in [-0.39, 0.29) is 23.9 Å². The highest BCUT2D eigenvalue weighted by atomic mass is 32.2. The molecule has 7 nitrogen and oxygen atoms in total. The van der Waals surface area contributed by atoms with Gasteiger partial charge in [0.25, 0.3) is 0 Å². The molecule has 0 fully saturated rings. The average molecular weight is 579 g/mol. The maximum absolute atomic E-state index is 13.7. The summed E-state index contributed by atoms with van der Waals surface area (Å²) >= 11 is 1.58. The number of hydrogen-bond acceptors (Lipinski definition) is 6. The number of benzene rings is 3. The van der Waals surface area contributed by atoms with Gasteiger partial charge >= 0.3 is 0 Å². The molecular weight excluding hydrogens is 544 g/mol. The fourth-order valence-electron chi connectivity index (χ4n) is 4.45. The van der Waals surface area contributed by atoms with Gasteiger partial charge in [0.05, 0.1) is 32.2 Å². The van der Waals surface area contributed by atoms with Crippen LogP contribution in [0.3, 0.4) is 0 Å². The molecular formula is C31H34N2O5S2. The molecule has 3 aromatic carbocycles. The Bertz CT molecular complexity index is 1600. The van der Waals surface area contributed by atoms with Crippen molar-refractivity contribution < 1.29 is 22.7 Å². The Morgan fingerprint density at radius 3 is 2.40 bits per heavy atom. The summed E-state index contributed by atoms with van der Waals surface area (Å²) in [6.45, 7) is 6.27. The molecule has 0 atom stereocenters. The van der Waals surface area contributed by atoms with Crippen LogP contribution in [0.2, 0.25) is 0 Å². The monoisotopic (exact) mass is 578 g/mol. The molecule has 4 rings (SSSR count). The largest absolute Gasteiger partial charge is 0.493 e. The van der Waals surface area contributed by atoms with Crippen molar-refractivity contribution in [3.8, 4) is 11.5 Å². The van der Waals surface area contributed by atoms with Crippen molar-refractivity contribution in [2.45, 2.75) is 24.8 Å². The van der Waals surface area contributed by atoms with Gasteiger partial charge in [-0.2, -0.15) is 4.31 Å². The molecule has 0 spiro atoms. The molecule has 0 bridgehead atoms. The molecule has 9 heteroatoms. The third-order valence-electron chi connectivity index (χ3n) is 6.78. The van der Waals surface area contributed by atoms with Crippen molar-refractivity contribution in [2.75, 3.05) is 33.9 Å². The predicted octanol–water partition coefficient (Wildman–Crippen LogP) is 5.68. The minimum Gasteiger partial charge on any atom is -0.493 e. The normalized spacial score (nSPS) is 11.5. The molecule has 0 aliphatic heterocycles. The quantitative estimate of drug-likeness (QED) is 0.191. The van der Waals surface area contributed by atoms with Gasteiger partial charge in [-0.25, -0.2) is 8.42 Å². The Balaban J connectivity index is 1.58. The summed E-state index contributed by atoms with van der Waals surface area (Å²) in [6, 6.07) is 20.3. The zero-order valence-corrected chi connectivity index (χ0v) is 24.6. The number of nitrogens with zero attached hydrogens (tertiary/aromatic N) is 2. The van der Waals surface area contributed by atoms with Crippen LogP contribution in [0.15, 0.2) is 89.7 Å². The number of aryl methyl sites for hydroxylation is 1. The van der Waals surface area contributed by atoms with Gasteiger partial charge in [0.1, 0.15) is 0 Å². The van der Waals surface area contributed by atoms with Crippen LogP contribution < -0.4 is 9.47 Å². The summed E-state index contributed by atoms with van der Waals surface area (Å²) in [5.41, 5.74) is 2.07. The molecule has 4 aromatic rings. The average Bonchev–Trinajstić information content (AvgIpc) is 3.38. The van der Waals surface area contributed by atoms with Gasteiger partial charge in [0.2, 0.25) is 15.9 Å². The van der Waals surface area contributed by atoms with Crippen molar-refractivity contribution >= 4 is 38.0 Å². The smallest absolute Gasteiger partial charge is 0.243 e. The van der Waals surface area contributed by atoms with Crippen LogP contribution in [0.4, 0.5) is 0 Å². The molecule has 1 aromatic heterocycles. The van der Waals surface area contributed by atoms with E-state index in [1.165, 1.54) is 10.4 Å². The first-order chi connectivity index (χ1) is 19.3. The number of thiophene rings is 1. The summed E-state index contributed by atoms with van der Waals surface area (Å²) in [4.78, 5) is 16.7. The van der Waals surface area contributed by atoms with Crippen molar-refractivity contribution in [3.05, 3.63) is 101 Å². The Morgan fingerprint density at radius 1 is 0.975 bits per heavy atom. The fourth-order valence-corrected chi connectivity index (χ4v) is 6.77. The van der Waals surface area contributed by atoms with Crippen LogP contribution in [-0.2, 0) is 27.8 Å². The lowest BCUT2D eigenvalue weighted by molar-refractivity contribution is -0.131. The van der Waals surface area contributed by atoms with Crippen molar-refractivity contribution in [1.82, 2.24) is 9.21 Å². The maximum Gasteiger partial charge on any atom is 0.243 e. The van der Waals surface area contributed by atoms with Gasteiger partial charge in [0, 0.05) is 18.0 Å². The summed E-state index contributed by atoms with van der Waals surface area (Å²) in [5.74, 6) is 0.970. The van der Waals surface area contributed by atoms with Crippen molar-refractivity contribution in [2.24, 2.45) is 0 Å². The molecule has 0 saturated carbocycles. The molecule has 0 aliphatic carbocycles. The molecule has 0 aliphatic rings. The van der Waals surface area contributed by atoms with E-state index in [2.05, 4.69) is 6.58 Å². The summed E-state index contributed by atoms with van der Waals surface area (Å²) in [6.07, 6.45) is 2.07. The second kappa shape index (κ2) is 13.1. The number of fused-ring (bicyclic) bond motifs is 1. The highest BCUT2D eigenvalue weighted by Crippen LogP contribution is 2.28. The SMILES string of the molecule is C=CCN(CC(=O)N(CCc1ccc(OC)c(OC)c1)Cc1sccc1C)S(=O)(=O)c1ccc2ccccc2c1. The second-order valence-electron chi connectivity index (χ2n) is 9.38. The van der Waals surface area contributed by atoms with Gasteiger partial charge in [0.15, 0.2) is 11.5 Å². The molecule has 1 heterocycles. The van der Waals surface area contributed by atoms with Crippen molar-refractivity contribution in [3.63, 3.8) is 0 Å². The van der Waals surface area contributed by atoms with Crippen LogP contribution in [0.1, 0.15) is 16.0 Å². The summed E-state index contributed by atoms with van der Waals surface area (Å²) in [7, 11) is -0.780. The number of sulfonamides is 1. The van der Waals surface area contributed by atoms with Gasteiger partial charge in [-0.05, 0) is 71.0 Å². The van der Waals surface area contributed by atoms with Gasteiger partial charge in [-0.15, -0.1) is 17.9 Å². The zero-order chi connectivity index (χ0) is 28.7. The van der Waals surface area contributed by atoms with Crippen LogP contribution in [-0.4, -0.2) is 57.4 Å². The number of amides is 1. The fraction of sp³-hybridized carbons (Fsp3) is 0.258. The lowest BCUT2D eigenvalue weighted by atomic mass is 10.1. The van der Waals surface area contributed by atoms with Crippen LogP contribution in [0.25, 0.3) is 10.8 Å². The summed E-state index contributed by atoms with van der Waals surface area (Å²) < 4.78 is 39.3. The zero-order valence-electron chi connectivity index (χ0n) is 23.0. The number of hydrogen-bond donors (Lipinski definition) is 0. The molecule has 210 valence electrons. The first kappa shape index (κ1) is 29.3. The highest BCUT2D eigenvalue weighted by molar-refractivity contribution is 7.89. The molecule has 40 heavy (non-hydrogen) atoms. The number of carbonyl (C=O) groups excluding carboxylic acids is 1. The maximum atomic E-state index is 13.7. The van der Waals surface area contributed by atoms with Gasteiger partial charge in [-0.1, -0.05) is 42.5 Å². The molecule has 0 saturated heterocycles. The number of carbonyl (C=O) groups is 1. The van der Waals surface area contributed by atoms with E-state index < -0.39 is 10.0 Å². The first-order valence-electron chi connectivity index (χ1n) is 12.9. The van der Waals surface area contributed by atoms with E-state index in [9.17, 15) is 13.2 Å². The lowest BCUT2D eigenvalue weighted by Gasteiger charge is -2.27. The van der Waals surface area contributed by atoms with Gasteiger partial charge < -0.3 is 14.4 Å². The highest BCUT2D eigenvalue weighted by Gasteiger charge is 2.28. The standard InChI is InChI=1S/C31H34N2O5S2/c1-5-16-33(40(35,36)27-12-11-25-8-6-7-9-26(25)20-27)22-31(34)32(21-30-23(2)15-18-39-30)17-14-24-10-13-28(37-3)29(19-24)38-4/h5-13,15,18-20H,1,14,16-17,21-22H2,2-4H3. The molecule has 0 unspecified atom stereocenters. The van der Waals surface area contributed by atoms with Crippen LogP contribution in [0.5, 0.6) is 11.5 Å². The summed E-state index contributed by atoms with van der Waals surface area (Å²) in [5, 5.41) is 3.76. The number of ether oxygens (including phenoxy) is 2. The van der Waals surface area contributed by atoms with E-state index in [0.717, 1.165) is 26.8 Å². The lowest BCUT2D eigenvalue weighted by Crippen LogP contribution is -2.43. The van der Waals surface area contributed by atoms with Gasteiger partial charge in [-0.3, -0.25) is 4.79 Å². The minimum absolute atomic E-state index is 0.0163. The Kier molecular flexibility index (Phi) is 9.63. The number of methoxy groups -OCH3 is 2. The Labute approximate surface area is 240 Å². The first-order valence-corrected chi connectivity index (χ1v) is 15.2. The Morgan fingerprint density at radius 2 is 1.73 bits per heavy atom. The van der Waals surface area contributed by atoms with Crippen molar-refractivity contribution in [1.29, 1.82) is 0 Å².